The molecule has 2 aliphatic rings. The predicted molar refractivity (Wildman–Crippen MR) is 111 cm³/mol. The minimum Gasteiger partial charge on any atom is -0.447 e. The Kier molecular flexibility index (Phi) is 11.6. The van der Waals surface area contributed by atoms with Crippen LogP contribution in [0.4, 0.5) is 9.93 Å². The smallest absolute Gasteiger partial charge is 0.410 e. The molecule has 0 spiro atoms. The standard InChI is InChI=1S/C11H16N4O4S.C5H8N2.C2H6/c1-14(13-17)10-12-8-3-4-15(7-9(8)20-10)11(16)19-6-5-18-2;6-5-7-3-1-2-4-7;1-2/h3-7H2,1-2H3;1-4H2;1-2H3. The maximum atomic E-state index is 11.8. The lowest BCUT2D eigenvalue weighted by Crippen LogP contribution is -2.36. The molecule has 11 heteroatoms. The van der Waals surface area contributed by atoms with Crippen molar-refractivity contribution in [2.24, 2.45) is 5.29 Å². The summed E-state index contributed by atoms with van der Waals surface area (Å²) >= 11 is 1.36. The molecule has 1 fully saturated rings. The van der Waals surface area contributed by atoms with Crippen molar-refractivity contribution in [3.63, 3.8) is 0 Å². The highest BCUT2D eigenvalue weighted by Crippen LogP contribution is 2.30. The number of nitriles is 1. The summed E-state index contributed by atoms with van der Waals surface area (Å²) in [7, 11) is 3.10. The van der Waals surface area contributed by atoms with E-state index in [0.29, 0.717) is 31.2 Å². The third kappa shape index (κ3) is 7.83. The number of fused-ring (bicyclic) bond motifs is 1. The Morgan fingerprint density at radius 1 is 1.31 bits per heavy atom. The number of aromatic nitrogens is 1. The zero-order valence-electron chi connectivity index (χ0n) is 17.6. The number of carbonyl (C=O) groups is 1. The van der Waals surface area contributed by atoms with Gasteiger partial charge in [0.05, 0.1) is 24.1 Å². The predicted octanol–water partition coefficient (Wildman–Crippen LogP) is 2.99. The molecule has 10 nitrogen and oxygen atoms in total. The fourth-order valence-electron chi connectivity index (χ4n) is 2.63. The number of carbonyl (C=O) groups excluding carboxylic acids is 1. The van der Waals surface area contributed by atoms with Crippen molar-refractivity contribution in [1.29, 1.82) is 5.26 Å². The first-order valence-corrected chi connectivity index (χ1v) is 10.5. The second-order valence-electron chi connectivity index (χ2n) is 6.04. The number of hydrogen-bond donors (Lipinski definition) is 0. The molecule has 0 atom stereocenters. The SMILES string of the molecule is CC.COCCOC(=O)N1CCc2nc(N(C)N=O)sc2C1.N#CN1CCCC1. The van der Waals surface area contributed by atoms with Crippen LogP contribution < -0.4 is 5.01 Å². The van der Waals surface area contributed by atoms with Crippen molar-refractivity contribution in [2.45, 2.75) is 39.7 Å². The van der Waals surface area contributed by atoms with Crippen LogP contribution in [-0.4, -0.2) is 67.9 Å². The number of thiazole rings is 1. The van der Waals surface area contributed by atoms with Gasteiger partial charge in [0.15, 0.2) is 6.19 Å². The van der Waals surface area contributed by atoms with Crippen molar-refractivity contribution in [2.75, 3.05) is 52.0 Å². The first-order valence-electron chi connectivity index (χ1n) is 9.70. The molecule has 1 saturated heterocycles. The van der Waals surface area contributed by atoms with Crippen molar-refractivity contribution in [1.82, 2.24) is 14.8 Å². The van der Waals surface area contributed by atoms with Gasteiger partial charge in [-0.3, -0.25) is 0 Å². The lowest BCUT2D eigenvalue weighted by atomic mass is 10.2. The lowest BCUT2D eigenvalue weighted by molar-refractivity contribution is 0.0690. The van der Waals surface area contributed by atoms with Crippen LogP contribution in [0.25, 0.3) is 0 Å². The molecule has 3 heterocycles. The largest absolute Gasteiger partial charge is 0.447 e. The number of methoxy groups -OCH3 is 1. The Morgan fingerprint density at radius 2 is 2.00 bits per heavy atom. The molecule has 3 rings (SSSR count). The molecule has 2 aliphatic heterocycles. The average molecular weight is 427 g/mol. The monoisotopic (exact) mass is 426 g/mol. The van der Waals surface area contributed by atoms with E-state index in [0.717, 1.165) is 23.7 Å². The Bertz CT molecular complexity index is 672. The number of anilines is 1. The molecule has 0 aliphatic carbocycles. The molecule has 0 radical (unpaired) electrons. The summed E-state index contributed by atoms with van der Waals surface area (Å²) in [4.78, 5) is 31.0. The van der Waals surface area contributed by atoms with Gasteiger partial charge in [0.2, 0.25) is 5.13 Å². The van der Waals surface area contributed by atoms with Crippen LogP contribution in [0, 0.1) is 16.4 Å². The van der Waals surface area contributed by atoms with Crippen LogP contribution in [0.1, 0.15) is 37.3 Å². The Balaban J connectivity index is 0.000000390. The molecule has 0 unspecified atom stereocenters. The van der Waals surface area contributed by atoms with Gasteiger partial charge in [-0.25, -0.2) is 14.8 Å². The van der Waals surface area contributed by atoms with Crippen LogP contribution in [0.15, 0.2) is 5.29 Å². The van der Waals surface area contributed by atoms with Crippen molar-refractivity contribution >= 4 is 22.6 Å². The molecule has 0 saturated carbocycles. The summed E-state index contributed by atoms with van der Waals surface area (Å²) in [6, 6.07) is 0. The van der Waals surface area contributed by atoms with E-state index in [4.69, 9.17) is 14.7 Å². The van der Waals surface area contributed by atoms with E-state index in [-0.39, 0.29) is 12.7 Å². The third-order valence-electron chi connectivity index (χ3n) is 4.14. The molecule has 162 valence electrons. The molecule has 29 heavy (non-hydrogen) atoms. The van der Waals surface area contributed by atoms with Crippen LogP contribution in [0.3, 0.4) is 0 Å². The van der Waals surface area contributed by atoms with E-state index < -0.39 is 0 Å². The summed E-state index contributed by atoms with van der Waals surface area (Å²) in [5.74, 6) is 0. The second-order valence-corrected chi connectivity index (χ2v) is 7.11. The van der Waals surface area contributed by atoms with Crippen LogP contribution >= 0.6 is 11.3 Å². The van der Waals surface area contributed by atoms with Gasteiger partial charge >= 0.3 is 6.09 Å². The van der Waals surface area contributed by atoms with Crippen molar-refractivity contribution in [3.05, 3.63) is 15.5 Å². The van der Waals surface area contributed by atoms with E-state index in [9.17, 15) is 9.70 Å². The number of ether oxygens (including phenoxy) is 2. The van der Waals surface area contributed by atoms with Gasteiger partial charge in [0, 0.05) is 45.1 Å². The van der Waals surface area contributed by atoms with Crippen LogP contribution in [-0.2, 0) is 22.4 Å². The summed E-state index contributed by atoms with van der Waals surface area (Å²) in [6.45, 7) is 7.59. The molecule has 1 aromatic heterocycles. The van der Waals surface area contributed by atoms with Crippen molar-refractivity contribution < 1.29 is 14.3 Å². The van der Waals surface area contributed by atoms with E-state index in [2.05, 4.69) is 16.5 Å². The van der Waals surface area contributed by atoms with Gasteiger partial charge in [-0.2, -0.15) is 5.26 Å². The summed E-state index contributed by atoms with van der Waals surface area (Å²) < 4.78 is 9.91. The second kappa shape index (κ2) is 13.7. The normalized spacial score (nSPS) is 14.4. The van der Waals surface area contributed by atoms with Crippen LogP contribution in [0.2, 0.25) is 0 Å². The molecule has 1 aromatic rings. The molecule has 0 bridgehead atoms. The quantitative estimate of drug-likeness (QED) is 0.306. The fourth-order valence-corrected chi connectivity index (χ4v) is 3.66. The fraction of sp³-hybridized carbons (Fsp3) is 0.722. The number of amides is 1. The van der Waals surface area contributed by atoms with Gasteiger partial charge in [0.25, 0.3) is 0 Å². The number of likely N-dealkylation sites (tertiary alicyclic amines) is 1. The Morgan fingerprint density at radius 3 is 2.55 bits per heavy atom. The highest BCUT2D eigenvalue weighted by atomic mass is 32.1. The molecule has 0 N–H and O–H groups in total. The Labute approximate surface area is 175 Å². The zero-order valence-corrected chi connectivity index (χ0v) is 18.4. The highest BCUT2D eigenvalue weighted by molar-refractivity contribution is 7.15. The van der Waals surface area contributed by atoms with Gasteiger partial charge < -0.3 is 19.3 Å². The minimum absolute atomic E-state index is 0.241. The number of hydrogen-bond acceptors (Lipinski definition) is 9. The van der Waals surface area contributed by atoms with E-state index in [1.165, 1.54) is 29.2 Å². The maximum absolute atomic E-state index is 11.8. The number of nitrogens with zero attached hydrogens (tertiary/aromatic N) is 6. The van der Waals surface area contributed by atoms with Gasteiger partial charge in [-0.15, -0.1) is 4.91 Å². The number of rotatable bonds is 5. The maximum Gasteiger partial charge on any atom is 0.410 e. The summed E-state index contributed by atoms with van der Waals surface area (Å²) in [6.07, 6.45) is 4.79. The number of nitroso groups, excluding NO2 is 1. The molecular weight excluding hydrogens is 396 g/mol. The Hall–Kier alpha value is -2.45. The van der Waals surface area contributed by atoms with Gasteiger partial charge in [-0.1, -0.05) is 25.2 Å². The first-order chi connectivity index (χ1) is 14.1. The average Bonchev–Trinajstić information content (AvgIpc) is 3.44. The minimum atomic E-state index is -0.357. The molecular formula is C18H30N6O4S. The van der Waals surface area contributed by atoms with E-state index in [1.54, 1.807) is 24.0 Å². The van der Waals surface area contributed by atoms with Crippen LogP contribution in [0.5, 0.6) is 0 Å². The van der Waals surface area contributed by atoms with Gasteiger partial charge in [-0.05, 0) is 12.8 Å². The zero-order chi connectivity index (χ0) is 21.6. The molecule has 0 aromatic carbocycles. The van der Waals surface area contributed by atoms with E-state index in [1.807, 2.05) is 13.8 Å². The first kappa shape index (κ1) is 24.6. The third-order valence-corrected chi connectivity index (χ3v) is 5.29. The topological polar surface area (TPSA) is 111 Å². The van der Waals surface area contributed by atoms with E-state index >= 15 is 0 Å². The lowest BCUT2D eigenvalue weighted by Gasteiger charge is -2.25. The summed E-state index contributed by atoms with van der Waals surface area (Å²) in [5.41, 5.74) is 0.918. The summed E-state index contributed by atoms with van der Waals surface area (Å²) in [5, 5.41) is 12.8. The van der Waals surface area contributed by atoms with Gasteiger partial charge in [0.1, 0.15) is 6.61 Å². The molecule has 1 amide bonds. The van der Waals surface area contributed by atoms with Crippen molar-refractivity contribution in [3.8, 4) is 6.19 Å². The highest BCUT2D eigenvalue weighted by Gasteiger charge is 2.25.